The number of hydrogen-bond donors (Lipinski definition) is 0. The van der Waals surface area contributed by atoms with E-state index in [4.69, 9.17) is 16.1 Å². The van der Waals surface area contributed by atoms with Gasteiger partial charge < -0.3 is 4.52 Å². The van der Waals surface area contributed by atoms with Gasteiger partial charge in [-0.05, 0) is 50.2 Å². The third kappa shape index (κ3) is 3.25. The molecule has 0 radical (unpaired) electrons. The van der Waals surface area contributed by atoms with Crippen molar-refractivity contribution >= 4 is 29.2 Å². The van der Waals surface area contributed by atoms with Crippen molar-refractivity contribution < 1.29 is 14.1 Å². The van der Waals surface area contributed by atoms with Crippen LogP contribution in [0.5, 0.6) is 0 Å². The van der Waals surface area contributed by atoms with Crippen molar-refractivity contribution in [3.63, 3.8) is 0 Å². The molecule has 3 aromatic rings. The molecular weight excluding hydrogens is 380 g/mol. The maximum absolute atomic E-state index is 12.9. The Kier molecular flexibility index (Phi) is 4.60. The lowest BCUT2D eigenvalue weighted by Gasteiger charge is -2.19. The Labute approximate surface area is 166 Å². The highest BCUT2D eigenvalue weighted by Gasteiger charge is 2.43. The molecule has 0 spiro atoms. The molecule has 0 bridgehead atoms. The fraction of sp³-hybridized carbons (Fsp3) is 0.200. The molecule has 2 heterocycles. The number of aromatic nitrogens is 2. The molecule has 7 nitrogen and oxygen atoms in total. The number of carbonyl (C=O) groups excluding carboxylic acids is 2. The van der Waals surface area contributed by atoms with Gasteiger partial charge in [-0.3, -0.25) is 14.6 Å². The van der Waals surface area contributed by atoms with Gasteiger partial charge in [-0.1, -0.05) is 34.5 Å². The molecular formula is C20H17ClN4O3. The number of rotatable bonds is 4. The molecule has 2 aromatic carbocycles. The summed E-state index contributed by atoms with van der Waals surface area (Å²) in [6.45, 7) is 3.61. The number of aryl methyl sites for hydroxylation is 1. The molecule has 142 valence electrons. The summed E-state index contributed by atoms with van der Waals surface area (Å²) >= 11 is 5.88. The number of anilines is 1. The van der Waals surface area contributed by atoms with Gasteiger partial charge >= 0.3 is 6.03 Å². The molecule has 1 unspecified atom stereocenters. The molecule has 1 aromatic heterocycles. The van der Waals surface area contributed by atoms with Crippen LogP contribution in [0.1, 0.15) is 18.3 Å². The third-order valence-corrected chi connectivity index (χ3v) is 4.87. The van der Waals surface area contributed by atoms with E-state index < -0.39 is 12.1 Å². The van der Waals surface area contributed by atoms with Crippen molar-refractivity contribution in [3.05, 3.63) is 64.9 Å². The average molecular weight is 397 g/mol. The lowest BCUT2D eigenvalue weighted by molar-refractivity contribution is -0.127. The minimum atomic E-state index is -0.599. The predicted molar refractivity (Wildman–Crippen MR) is 104 cm³/mol. The largest absolute Gasteiger partial charge is 0.334 e. The van der Waals surface area contributed by atoms with Gasteiger partial charge in [0.05, 0.1) is 6.54 Å². The lowest BCUT2D eigenvalue weighted by atomic mass is 10.2. The van der Waals surface area contributed by atoms with Crippen LogP contribution in [-0.4, -0.2) is 33.0 Å². The second kappa shape index (κ2) is 7.09. The maximum Gasteiger partial charge on any atom is 0.332 e. The summed E-state index contributed by atoms with van der Waals surface area (Å²) in [6.07, 6.45) is 0. The maximum atomic E-state index is 12.9. The summed E-state index contributed by atoms with van der Waals surface area (Å²) in [5.74, 6) is 0.252. The molecule has 1 aliphatic rings. The zero-order valence-corrected chi connectivity index (χ0v) is 16.1. The van der Waals surface area contributed by atoms with Crippen molar-refractivity contribution in [1.82, 2.24) is 15.0 Å². The Hall–Kier alpha value is -3.19. The fourth-order valence-electron chi connectivity index (χ4n) is 3.08. The Bertz CT molecular complexity index is 1030. The number of carbonyl (C=O) groups is 2. The van der Waals surface area contributed by atoms with Crippen LogP contribution < -0.4 is 4.90 Å². The normalized spacial score (nSPS) is 16.9. The van der Waals surface area contributed by atoms with E-state index in [2.05, 4.69) is 10.1 Å². The zero-order chi connectivity index (χ0) is 19.8. The zero-order valence-electron chi connectivity index (χ0n) is 15.3. The molecule has 0 aliphatic carbocycles. The SMILES string of the molecule is Cc1ccc(N2C(=O)N(Cc3noc(-c4ccc(Cl)cc4)n3)C(=O)C2C)cc1. The highest BCUT2D eigenvalue weighted by Crippen LogP contribution is 2.27. The van der Waals surface area contributed by atoms with Crippen molar-refractivity contribution in [2.24, 2.45) is 0 Å². The summed E-state index contributed by atoms with van der Waals surface area (Å²) in [5.41, 5.74) is 2.46. The van der Waals surface area contributed by atoms with E-state index in [-0.39, 0.29) is 18.3 Å². The summed E-state index contributed by atoms with van der Waals surface area (Å²) in [5, 5.41) is 4.50. The molecule has 1 atom stereocenters. The Morgan fingerprint density at radius 1 is 1.07 bits per heavy atom. The van der Waals surface area contributed by atoms with E-state index in [1.807, 2.05) is 31.2 Å². The monoisotopic (exact) mass is 396 g/mol. The molecule has 3 amide bonds. The first-order chi connectivity index (χ1) is 13.4. The fourth-order valence-corrected chi connectivity index (χ4v) is 3.21. The van der Waals surface area contributed by atoms with Crippen LogP contribution >= 0.6 is 11.6 Å². The van der Waals surface area contributed by atoms with Gasteiger partial charge in [-0.2, -0.15) is 4.98 Å². The molecule has 4 rings (SSSR count). The van der Waals surface area contributed by atoms with Gasteiger partial charge in [-0.15, -0.1) is 0 Å². The lowest BCUT2D eigenvalue weighted by Crippen LogP contribution is -2.33. The van der Waals surface area contributed by atoms with Gasteiger partial charge in [0.15, 0.2) is 5.82 Å². The number of benzene rings is 2. The smallest absolute Gasteiger partial charge is 0.332 e. The number of amides is 3. The minimum absolute atomic E-state index is 0.0541. The summed E-state index contributed by atoms with van der Waals surface area (Å²) in [6, 6.07) is 13.4. The molecule has 8 heteroatoms. The van der Waals surface area contributed by atoms with E-state index in [0.717, 1.165) is 10.5 Å². The van der Waals surface area contributed by atoms with Crippen molar-refractivity contribution in [2.45, 2.75) is 26.4 Å². The van der Waals surface area contributed by atoms with Crippen LogP contribution in [0.25, 0.3) is 11.5 Å². The van der Waals surface area contributed by atoms with Gasteiger partial charge in [0.2, 0.25) is 0 Å². The highest BCUT2D eigenvalue weighted by atomic mass is 35.5. The van der Waals surface area contributed by atoms with Crippen LogP contribution in [0, 0.1) is 6.92 Å². The summed E-state index contributed by atoms with van der Waals surface area (Å²) in [4.78, 5) is 32.4. The topological polar surface area (TPSA) is 79.5 Å². The van der Waals surface area contributed by atoms with Gasteiger partial charge in [0, 0.05) is 16.3 Å². The molecule has 1 aliphatic heterocycles. The van der Waals surface area contributed by atoms with E-state index >= 15 is 0 Å². The molecule has 1 saturated heterocycles. The molecule has 0 saturated carbocycles. The first-order valence-electron chi connectivity index (χ1n) is 8.74. The van der Waals surface area contributed by atoms with E-state index in [1.54, 1.807) is 31.2 Å². The number of hydrogen-bond acceptors (Lipinski definition) is 5. The van der Waals surface area contributed by atoms with E-state index in [9.17, 15) is 9.59 Å². The van der Waals surface area contributed by atoms with E-state index in [1.165, 1.54) is 4.90 Å². The molecule has 28 heavy (non-hydrogen) atoms. The first kappa shape index (κ1) is 18.2. The van der Waals surface area contributed by atoms with E-state index in [0.29, 0.717) is 22.2 Å². The highest BCUT2D eigenvalue weighted by molar-refractivity contribution is 6.30. The average Bonchev–Trinajstić information content (AvgIpc) is 3.23. The quantitative estimate of drug-likeness (QED) is 0.621. The second-order valence-corrected chi connectivity index (χ2v) is 7.05. The second-order valence-electron chi connectivity index (χ2n) is 6.61. The third-order valence-electron chi connectivity index (χ3n) is 4.62. The van der Waals surface area contributed by atoms with Gasteiger partial charge in [-0.25, -0.2) is 4.79 Å². The standard InChI is InChI=1S/C20H17ClN4O3/c1-12-3-9-16(10-4-12)25-13(2)19(26)24(20(25)27)11-17-22-18(28-23-17)14-5-7-15(21)8-6-14/h3-10,13H,11H2,1-2H3. The van der Waals surface area contributed by atoms with Crippen molar-refractivity contribution in [3.8, 4) is 11.5 Å². The Morgan fingerprint density at radius 3 is 2.43 bits per heavy atom. The van der Waals surface area contributed by atoms with Crippen LogP contribution in [-0.2, 0) is 11.3 Å². The first-order valence-corrected chi connectivity index (χ1v) is 9.11. The van der Waals surface area contributed by atoms with Crippen LogP contribution in [0.15, 0.2) is 53.1 Å². The van der Waals surface area contributed by atoms with Crippen molar-refractivity contribution in [1.29, 1.82) is 0 Å². The number of urea groups is 1. The molecule has 1 fully saturated rings. The van der Waals surface area contributed by atoms with Gasteiger partial charge in [0.25, 0.3) is 11.8 Å². The molecule has 0 N–H and O–H groups in total. The summed E-state index contributed by atoms with van der Waals surface area (Å²) in [7, 11) is 0. The summed E-state index contributed by atoms with van der Waals surface area (Å²) < 4.78 is 5.26. The number of halogens is 1. The van der Waals surface area contributed by atoms with Crippen LogP contribution in [0.4, 0.5) is 10.5 Å². The Balaban J connectivity index is 1.55. The minimum Gasteiger partial charge on any atom is -0.334 e. The van der Waals surface area contributed by atoms with Crippen molar-refractivity contribution in [2.75, 3.05) is 4.90 Å². The van der Waals surface area contributed by atoms with Gasteiger partial charge in [0.1, 0.15) is 6.04 Å². The van der Waals surface area contributed by atoms with Crippen LogP contribution in [0.2, 0.25) is 5.02 Å². The van der Waals surface area contributed by atoms with Crippen LogP contribution in [0.3, 0.4) is 0 Å². The Morgan fingerprint density at radius 2 is 1.75 bits per heavy atom. The number of imide groups is 1. The number of nitrogens with zero attached hydrogens (tertiary/aromatic N) is 4. The predicted octanol–water partition coefficient (Wildman–Crippen LogP) is 4.06.